The number of nitrogens with zero attached hydrogens (tertiary/aromatic N) is 1. The van der Waals surface area contributed by atoms with Gasteiger partial charge < -0.3 is 19.7 Å². The Kier molecular flexibility index (Phi) is 9.66. The SMILES string of the molecule is CCNC(=O)N(CC)[C@H](C)COC(=O)/C=C/C(=O)OCC. The van der Waals surface area contributed by atoms with E-state index in [9.17, 15) is 14.4 Å². The smallest absolute Gasteiger partial charge is 0.331 e. The summed E-state index contributed by atoms with van der Waals surface area (Å²) in [5, 5.41) is 2.69. The lowest BCUT2D eigenvalue weighted by Gasteiger charge is -2.27. The molecule has 0 bridgehead atoms. The van der Waals surface area contributed by atoms with Crippen LogP contribution < -0.4 is 5.32 Å². The van der Waals surface area contributed by atoms with E-state index >= 15 is 0 Å². The molecule has 0 saturated heterocycles. The van der Waals surface area contributed by atoms with Gasteiger partial charge >= 0.3 is 18.0 Å². The Labute approximate surface area is 125 Å². The van der Waals surface area contributed by atoms with E-state index in [1.807, 2.05) is 13.8 Å². The number of hydrogen-bond acceptors (Lipinski definition) is 5. The Morgan fingerprint density at radius 1 is 1.10 bits per heavy atom. The highest BCUT2D eigenvalue weighted by atomic mass is 16.5. The first-order valence-corrected chi connectivity index (χ1v) is 7.02. The van der Waals surface area contributed by atoms with Crippen molar-refractivity contribution in [3.05, 3.63) is 12.2 Å². The predicted molar refractivity (Wildman–Crippen MR) is 77.6 cm³/mol. The Bertz CT molecular complexity index is 382. The summed E-state index contributed by atoms with van der Waals surface area (Å²) in [4.78, 5) is 35.8. The molecule has 120 valence electrons. The summed E-state index contributed by atoms with van der Waals surface area (Å²) in [5.41, 5.74) is 0. The zero-order valence-corrected chi connectivity index (χ0v) is 13.0. The van der Waals surface area contributed by atoms with E-state index in [2.05, 4.69) is 10.1 Å². The van der Waals surface area contributed by atoms with Crippen LogP contribution in [0.25, 0.3) is 0 Å². The van der Waals surface area contributed by atoms with E-state index in [0.717, 1.165) is 12.2 Å². The molecule has 0 rings (SSSR count). The van der Waals surface area contributed by atoms with Gasteiger partial charge in [0.1, 0.15) is 6.61 Å². The molecule has 0 spiro atoms. The third kappa shape index (κ3) is 7.96. The molecule has 0 unspecified atom stereocenters. The lowest BCUT2D eigenvalue weighted by molar-refractivity contribution is -0.141. The maximum Gasteiger partial charge on any atom is 0.331 e. The molecule has 0 aromatic rings. The first-order chi connectivity index (χ1) is 9.96. The van der Waals surface area contributed by atoms with Gasteiger partial charge in [-0.3, -0.25) is 0 Å². The molecule has 0 heterocycles. The van der Waals surface area contributed by atoms with E-state index in [0.29, 0.717) is 13.1 Å². The first-order valence-electron chi connectivity index (χ1n) is 7.02. The molecule has 7 heteroatoms. The molecule has 1 atom stereocenters. The topological polar surface area (TPSA) is 84.9 Å². The van der Waals surface area contributed by atoms with E-state index in [1.54, 1.807) is 18.7 Å². The summed E-state index contributed by atoms with van der Waals surface area (Å²) in [5.74, 6) is -1.25. The van der Waals surface area contributed by atoms with Crippen LogP contribution in [0.4, 0.5) is 4.79 Å². The van der Waals surface area contributed by atoms with Crippen molar-refractivity contribution in [1.29, 1.82) is 0 Å². The highest BCUT2D eigenvalue weighted by Crippen LogP contribution is 2.01. The van der Waals surface area contributed by atoms with Crippen LogP contribution in [-0.4, -0.2) is 55.2 Å². The van der Waals surface area contributed by atoms with Crippen LogP contribution in [-0.2, 0) is 19.1 Å². The summed E-state index contributed by atoms with van der Waals surface area (Å²) in [7, 11) is 0. The fraction of sp³-hybridized carbons (Fsp3) is 0.643. The molecule has 0 aliphatic rings. The minimum Gasteiger partial charge on any atom is -0.463 e. The van der Waals surface area contributed by atoms with Gasteiger partial charge in [0, 0.05) is 25.2 Å². The molecule has 0 aliphatic heterocycles. The predicted octanol–water partition coefficient (Wildman–Crippen LogP) is 1.09. The van der Waals surface area contributed by atoms with Crippen LogP contribution in [0.5, 0.6) is 0 Å². The third-order valence-electron chi connectivity index (χ3n) is 2.57. The second-order valence-corrected chi connectivity index (χ2v) is 4.19. The number of carbonyl (C=O) groups excluding carboxylic acids is 3. The van der Waals surface area contributed by atoms with Gasteiger partial charge in [0.15, 0.2) is 0 Å². The molecule has 1 N–H and O–H groups in total. The van der Waals surface area contributed by atoms with Crippen molar-refractivity contribution < 1.29 is 23.9 Å². The van der Waals surface area contributed by atoms with Crippen LogP contribution in [0, 0.1) is 0 Å². The second kappa shape index (κ2) is 10.7. The highest BCUT2D eigenvalue weighted by Gasteiger charge is 2.18. The number of likely N-dealkylation sites (N-methyl/N-ethyl adjacent to an activating group) is 1. The van der Waals surface area contributed by atoms with Gasteiger partial charge in [-0.05, 0) is 27.7 Å². The van der Waals surface area contributed by atoms with E-state index < -0.39 is 11.9 Å². The van der Waals surface area contributed by atoms with Crippen molar-refractivity contribution in [1.82, 2.24) is 10.2 Å². The first kappa shape index (κ1) is 18.9. The second-order valence-electron chi connectivity index (χ2n) is 4.19. The van der Waals surface area contributed by atoms with Crippen molar-refractivity contribution in [2.75, 3.05) is 26.3 Å². The monoisotopic (exact) mass is 300 g/mol. The molecule has 7 nitrogen and oxygen atoms in total. The average molecular weight is 300 g/mol. The van der Waals surface area contributed by atoms with Crippen molar-refractivity contribution in [3.8, 4) is 0 Å². The van der Waals surface area contributed by atoms with Crippen LogP contribution in [0.1, 0.15) is 27.7 Å². The summed E-state index contributed by atoms with van der Waals surface area (Å²) in [6.45, 7) is 8.45. The number of amides is 2. The molecule has 0 aromatic heterocycles. The zero-order chi connectivity index (χ0) is 16.3. The number of urea groups is 1. The van der Waals surface area contributed by atoms with Crippen LogP contribution in [0.2, 0.25) is 0 Å². The van der Waals surface area contributed by atoms with Crippen LogP contribution >= 0.6 is 0 Å². The van der Waals surface area contributed by atoms with Gasteiger partial charge in [-0.15, -0.1) is 0 Å². The van der Waals surface area contributed by atoms with Crippen LogP contribution in [0.3, 0.4) is 0 Å². The Balaban J connectivity index is 4.27. The number of ether oxygens (including phenoxy) is 2. The fourth-order valence-electron chi connectivity index (χ4n) is 1.58. The zero-order valence-electron chi connectivity index (χ0n) is 13.0. The number of esters is 2. The Morgan fingerprint density at radius 3 is 2.14 bits per heavy atom. The maximum atomic E-state index is 11.7. The fourth-order valence-corrected chi connectivity index (χ4v) is 1.58. The molecule has 0 aliphatic carbocycles. The van der Waals surface area contributed by atoms with Gasteiger partial charge in [-0.2, -0.15) is 0 Å². The molecular weight excluding hydrogens is 276 g/mol. The molecule has 21 heavy (non-hydrogen) atoms. The van der Waals surface area contributed by atoms with Gasteiger partial charge in [0.05, 0.1) is 12.6 Å². The van der Waals surface area contributed by atoms with Gasteiger partial charge in [-0.25, -0.2) is 14.4 Å². The molecule has 0 radical (unpaired) electrons. The lowest BCUT2D eigenvalue weighted by Crippen LogP contribution is -2.46. The number of carbonyl (C=O) groups is 3. The third-order valence-corrected chi connectivity index (χ3v) is 2.57. The summed E-state index contributed by atoms with van der Waals surface area (Å²) >= 11 is 0. The number of hydrogen-bond donors (Lipinski definition) is 1. The molecule has 0 saturated carbocycles. The highest BCUT2D eigenvalue weighted by molar-refractivity contribution is 5.91. The number of nitrogens with one attached hydrogen (secondary N) is 1. The summed E-state index contributed by atoms with van der Waals surface area (Å²) in [6.07, 6.45) is 2.02. The van der Waals surface area contributed by atoms with Crippen LogP contribution in [0.15, 0.2) is 12.2 Å². The standard InChI is InChI=1S/C14H24N2O5/c1-5-15-14(19)16(6-2)11(4)10-21-13(18)9-8-12(17)20-7-3/h8-9,11H,5-7,10H2,1-4H3,(H,15,19)/b9-8+/t11-/m1/s1. The number of rotatable bonds is 8. The van der Waals surface area contributed by atoms with E-state index in [4.69, 9.17) is 4.74 Å². The molecular formula is C14H24N2O5. The summed E-state index contributed by atoms with van der Waals surface area (Å²) in [6, 6.07) is -0.466. The summed E-state index contributed by atoms with van der Waals surface area (Å²) < 4.78 is 9.63. The lowest BCUT2D eigenvalue weighted by atomic mass is 10.3. The maximum absolute atomic E-state index is 11.7. The normalized spacial score (nSPS) is 11.8. The van der Waals surface area contributed by atoms with Gasteiger partial charge in [-0.1, -0.05) is 0 Å². The molecule has 2 amide bonds. The minimum atomic E-state index is -0.651. The van der Waals surface area contributed by atoms with Gasteiger partial charge in [0.2, 0.25) is 0 Å². The van der Waals surface area contributed by atoms with E-state index in [1.165, 1.54) is 0 Å². The van der Waals surface area contributed by atoms with Gasteiger partial charge in [0.25, 0.3) is 0 Å². The molecule has 0 aromatic carbocycles. The molecule has 0 fully saturated rings. The van der Waals surface area contributed by atoms with Crippen molar-refractivity contribution in [3.63, 3.8) is 0 Å². The van der Waals surface area contributed by atoms with Crippen molar-refractivity contribution >= 4 is 18.0 Å². The Morgan fingerprint density at radius 2 is 1.67 bits per heavy atom. The largest absolute Gasteiger partial charge is 0.463 e. The quantitative estimate of drug-likeness (QED) is 0.536. The minimum absolute atomic E-state index is 0.0526. The average Bonchev–Trinajstić information content (AvgIpc) is 2.44. The van der Waals surface area contributed by atoms with Crippen molar-refractivity contribution in [2.24, 2.45) is 0 Å². The van der Waals surface area contributed by atoms with E-state index in [-0.39, 0.29) is 25.3 Å². The van der Waals surface area contributed by atoms with Crippen molar-refractivity contribution in [2.45, 2.75) is 33.7 Å². The Hall–Kier alpha value is -2.05.